The number of carbonyl (C=O) groups is 1. The fourth-order valence-corrected chi connectivity index (χ4v) is 5.09. The van der Waals surface area contributed by atoms with E-state index in [1.165, 1.54) is 24.3 Å². The molecule has 5 rings (SSSR count). The van der Waals surface area contributed by atoms with Crippen LogP contribution in [0.3, 0.4) is 0 Å². The largest absolute Gasteiger partial charge is 0.299 e. The third-order valence-corrected chi connectivity index (χ3v) is 6.84. The van der Waals surface area contributed by atoms with E-state index in [0.29, 0.717) is 17.7 Å². The van der Waals surface area contributed by atoms with Crippen LogP contribution < -0.4 is 0 Å². The zero-order chi connectivity index (χ0) is 25.9. The van der Waals surface area contributed by atoms with Crippen molar-refractivity contribution in [1.29, 1.82) is 0 Å². The summed E-state index contributed by atoms with van der Waals surface area (Å²) >= 11 is 0. The van der Waals surface area contributed by atoms with Crippen LogP contribution in [-0.4, -0.2) is 10.8 Å². The van der Waals surface area contributed by atoms with E-state index in [-0.39, 0.29) is 30.9 Å². The number of pyridine rings is 1. The second-order valence-corrected chi connectivity index (χ2v) is 9.64. The van der Waals surface area contributed by atoms with Crippen LogP contribution in [0.1, 0.15) is 46.7 Å². The van der Waals surface area contributed by atoms with Crippen molar-refractivity contribution in [2.75, 3.05) is 0 Å². The maximum absolute atomic E-state index is 14.0. The number of hydrogen-bond acceptors (Lipinski definition) is 2. The molecule has 2 nitrogen and oxygen atoms in total. The molecule has 3 aromatic carbocycles. The van der Waals surface area contributed by atoms with Gasteiger partial charge in [-0.05, 0) is 77.9 Å². The van der Waals surface area contributed by atoms with Crippen LogP contribution in [0.4, 0.5) is 13.2 Å². The van der Waals surface area contributed by atoms with Crippen LogP contribution in [0.5, 0.6) is 0 Å². The van der Waals surface area contributed by atoms with Gasteiger partial charge in [0.05, 0.1) is 5.69 Å². The highest BCUT2D eigenvalue weighted by atomic mass is 19.1. The van der Waals surface area contributed by atoms with Gasteiger partial charge in [-0.2, -0.15) is 0 Å². The van der Waals surface area contributed by atoms with Gasteiger partial charge in [-0.25, -0.2) is 13.2 Å². The van der Waals surface area contributed by atoms with E-state index < -0.39 is 17.6 Å². The summed E-state index contributed by atoms with van der Waals surface area (Å²) in [5, 5.41) is 0. The SMILES string of the molecule is Cc1ccc(-c2cccnc2[C@@H](CC(=O)CC2=CCc3ccc(F)cc32)Cc2cc(F)cc(F)c2)cc1. The predicted octanol–water partition coefficient (Wildman–Crippen LogP) is 7.79. The first-order valence-corrected chi connectivity index (χ1v) is 12.3. The van der Waals surface area contributed by atoms with Crippen molar-refractivity contribution < 1.29 is 18.0 Å². The van der Waals surface area contributed by atoms with E-state index in [2.05, 4.69) is 4.98 Å². The molecule has 0 amide bonds. The van der Waals surface area contributed by atoms with Crippen molar-refractivity contribution in [1.82, 2.24) is 4.98 Å². The van der Waals surface area contributed by atoms with Crippen LogP contribution in [0, 0.1) is 24.4 Å². The number of rotatable bonds is 8. The molecule has 1 aliphatic rings. The molecule has 0 bridgehead atoms. The van der Waals surface area contributed by atoms with Crippen molar-refractivity contribution in [2.24, 2.45) is 0 Å². The van der Waals surface area contributed by atoms with E-state index in [1.807, 2.05) is 49.4 Å². The molecular weight excluding hydrogens is 471 g/mol. The van der Waals surface area contributed by atoms with Crippen molar-refractivity contribution in [3.05, 3.63) is 130 Å². The first kappa shape index (κ1) is 24.7. The lowest BCUT2D eigenvalue weighted by atomic mass is 9.85. The number of aromatic nitrogens is 1. The molecule has 4 aromatic rings. The van der Waals surface area contributed by atoms with Gasteiger partial charge in [-0.1, -0.05) is 48.0 Å². The second-order valence-electron chi connectivity index (χ2n) is 9.64. The molecule has 0 saturated carbocycles. The lowest BCUT2D eigenvalue weighted by Crippen LogP contribution is -2.13. The van der Waals surface area contributed by atoms with Crippen molar-refractivity contribution >= 4 is 11.4 Å². The van der Waals surface area contributed by atoms with Crippen LogP contribution in [0.2, 0.25) is 0 Å². The Morgan fingerprint density at radius 3 is 2.41 bits per heavy atom. The molecule has 1 aromatic heterocycles. The Morgan fingerprint density at radius 2 is 1.65 bits per heavy atom. The van der Waals surface area contributed by atoms with E-state index in [4.69, 9.17) is 0 Å². The number of allylic oxidation sites excluding steroid dienone is 2. The van der Waals surface area contributed by atoms with Gasteiger partial charge in [0.15, 0.2) is 0 Å². The lowest BCUT2D eigenvalue weighted by molar-refractivity contribution is -0.118. The minimum Gasteiger partial charge on any atom is -0.299 e. The Kier molecular flexibility index (Phi) is 7.04. The van der Waals surface area contributed by atoms with E-state index >= 15 is 0 Å². The molecule has 0 spiro atoms. The first-order chi connectivity index (χ1) is 17.9. The van der Waals surface area contributed by atoms with Gasteiger partial charge in [0.25, 0.3) is 0 Å². The minimum atomic E-state index is -0.658. The molecule has 0 unspecified atom stereocenters. The molecule has 1 atom stereocenters. The predicted molar refractivity (Wildman–Crippen MR) is 140 cm³/mol. The maximum atomic E-state index is 14.0. The Labute approximate surface area is 214 Å². The molecular formula is C32H26F3NO. The summed E-state index contributed by atoms with van der Waals surface area (Å²) < 4.78 is 41.9. The molecule has 37 heavy (non-hydrogen) atoms. The van der Waals surface area contributed by atoms with Gasteiger partial charge in [-0.3, -0.25) is 9.78 Å². The number of aryl methyl sites for hydroxylation is 1. The van der Waals surface area contributed by atoms with Gasteiger partial charge in [-0.15, -0.1) is 0 Å². The van der Waals surface area contributed by atoms with Gasteiger partial charge >= 0.3 is 0 Å². The highest BCUT2D eigenvalue weighted by Gasteiger charge is 2.24. The smallest absolute Gasteiger partial charge is 0.137 e. The molecule has 0 radical (unpaired) electrons. The average molecular weight is 498 g/mol. The Balaban J connectivity index is 1.47. The van der Waals surface area contributed by atoms with Gasteiger partial charge in [0.1, 0.15) is 23.2 Å². The molecule has 0 aliphatic heterocycles. The number of fused-ring (bicyclic) bond motifs is 1. The number of hydrogen-bond donors (Lipinski definition) is 0. The maximum Gasteiger partial charge on any atom is 0.137 e. The first-order valence-electron chi connectivity index (χ1n) is 12.3. The number of Topliss-reactive ketones (excluding diaryl/α,β-unsaturated/α-hetero) is 1. The minimum absolute atomic E-state index is 0.0363. The average Bonchev–Trinajstić information content (AvgIpc) is 3.25. The van der Waals surface area contributed by atoms with Crippen LogP contribution in [0.25, 0.3) is 16.7 Å². The summed E-state index contributed by atoms with van der Waals surface area (Å²) in [5.41, 5.74) is 6.72. The summed E-state index contributed by atoms with van der Waals surface area (Å²) in [6.07, 6.45) is 4.86. The van der Waals surface area contributed by atoms with Crippen molar-refractivity contribution in [3.63, 3.8) is 0 Å². The quantitative estimate of drug-likeness (QED) is 0.249. The van der Waals surface area contributed by atoms with Gasteiger partial charge < -0.3 is 0 Å². The Bertz CT molecular complexity index is 1470. The van der Waals surface area contributed by atoms with E-state index in [1.54, 1.807) is 12.3 Å². The molecule has 5 heteroatoms. The third-order valence-electron chi connectivity index (χ3n) is 6.84. The number of benzene rings is 3. The molecule has 186 valence electrons. The number of nitrogens with zero attached hydrogens (tertiary/aromatic N) is 1. The van der Waals surface area contributed by atoms with Crippen LogP contribution in [0.15, 0.2) is 85.1 Å². The van der Waals surface area contributed by atoms with Crippen LogP contribution >= 0.6 is 0 Å². The Hall–Kier alpha value is -3.99. The van der Waals surface area contributed by atoms with E-state index in [0.717, 1.165) is 39.5 Å². The molecule has 0 saturated heterocycles. The summed E-state index contributed by atoms with van der Waals surface area (Å²) in [7, 11) is 0. The fraction of sp³-hybridized carbons (Fsp3) is 0.188. The molecule has 1 aliphatic carbocycles. The molecule has 1 heterocycles. The second kappa shape index (κ2) is 10.6. The third kappa shape index (κ3) is 5.72. The molecule has 0 N–H and O–H groups in total. The van der Waals surface area contributed by atoms with Crippen molar-refractivity contribution in [3.8, 4) is 11.1 Å². The monoisotopic (exact) mass is 497 g/mol. The Morgan fingerprint density at radius 1 is 0.892 bits per heavy atom. The number of carbonyl (C=O) groups excluding carboxylic acids is 1. The van der Waals surface area contributed by atoms with Crippen LogP contribution in [-0.2, 0) is 17.6 Å². The number of halogens is 3. The summed E-state index contributed by atoms with van der Waals surface area (Å²) in [6.45, 7) is 2.01. The zero-order valence-corrected chi connectivity index (χ0v) is 20.5. The van der Waals surface area contributed by atoms with Gasteiger partial charge in [0.2, 0.25) is 0 Å². The highest BCUT2D eigenvalue weighted by Crippen LogP contribution is 2.35. The van der Waals surface area contributed by atoms with Crippen molar-refractivity contribution in [2.45, 2.75) is 38.5 Å². The lowest BCUT2D eigenvalue weighted by Gasteiger charge is -2.20. The fourth-order valence-electron chi connectivity index (χ4n) is 5.09. The summed E-state index contributed by atoms with van der Waals surface area (Å²) in [6, 6.07) is 19.9. The summed E-state index contributed by atoms with van der Waals surface area (Å²) in [5.74, 6) is -2.09. The standard InChI is InChI=1S/C32H26F3NO/c1-20-4-6-22(7-5-20)30-3-2-12-36-32(30)25(13-21-14-27(34)18-28(35)15-21)17-29(37)16-24-9-8-23-10-11-26(33)19-31(23)24/h2-7,9-12,14-15,18-19,25H,8,13,16-17H2,1H3/t25-/m1/s1. The summed E-state index contributed by atoms with van der Waals surface area (Å²) in [4.78, 5) is 18.0. The normalized spacial score (nSPS) is 13.2. The topological polar surface area (TPSA) is 30.0 Å². The van der Waals surface area contributed by atoms with E-state index in [9.17, 15) is 18.0 Å². The highest BCUT2D eigenvalue weighted by molar-refractivity contribution is 5.92. The van der Waals surface area contributed by atoms with Gasteiger partial charge in [0, 0.05) is 36.6 Å². The number of ketones is 1. The zero-order valence-electron chi connectivity index (χ0n) is 20.5. The molecule has 0 fully saturated rings.